The maximum atomic E-state index is 13.6. The molecule has 3 aromatic carbocycles. The monoisotopic (exact) mass is 537 g/mol. The molecule has 154 valence electrons. The van der Waals surface area contributed by atoms with Crippen LogP contribution in [0.15, 0.2) is 84.9 Å². The largest absolute Gasteiger partial charge is 0.450 e. The van der Waals surface area contributed by atoms with Gasteiger partial charge in [0.15, 0.2) is 5.43 Å². The lowest BCUT2D eigenvalue weighted by Gasteiger charge is -2.25. The van der Waals surface area contributed by atoms with E-state index in [0.29, 0.717) is 16.5 Å². The second kappa shape index (κ2) is 7.77. The molecule has 1 aromatic heterocycles. The van der Waals surface area contributed by atoms with Crippen LogP contribution < -0.4 is 10.3 Å². The van der Waals surface area contributed by atoms with E-state index in [1.807, 2.05) is 48.5 Å². The highest BCUT2D eigenvalue weighted by Gasteiger charge is 2.43. The molecule has 0 bridgehead atoms. The highest BCUT2D eigenvalue weighted by Crippen LogP contribution is 2.41. The normalized spacial score (nSPS) is 15.5. The molecule has 4 aromatic rings. The molecule has 6 heteroatoms. The van der Waals surface area contributed by atoms with Crippen molar-refractivity contribution in [3.63, 3.8) is 0 Å². The van der Waals surface area contributed by atoms with Gasteiger partial charge in [-0.15, -0.1) is 0 Å². The quantitative estimate of drug-likeness (QED) is 0.294. The maximum Gasteiger partial charge on any atom is 0.295 e. The number of fused-ring (bicyclic) bond motifs is 2. The smallest absolute Gasteiger partial charge is 0.295 e. The van der Waals surface area contributed by atoms with Crippen molar-refractivity contribution >= 4 is 54.4 Å². The third kappa shape index (κ3) is 3.34. The number of amides is 1. The van der Waals surface area contributed by atoms with Crippen molar-refractivity contribution < 1.29 is 9.21 Å². The van der Waals surface area contributed by atoms with Crippen LogP contribution in [0.25, 0.3) is 11.0 Å². The second-order valence-corrected chi connectivity index (χ2v) is 9.30. The molecule has 1 unspecified atom stereocenters. The van der Waals surface area contributed by atoms with Crippen molar-refractivity contribution in [2.75, 3.05) is 4.90 Å². The summed E-state index contributed by atoms with van der Waals surface area (Å²) in [6.45, 7) is 2.09. The molecule has 2 heterocycles. The van der Waals surface area contributed by atoms with Gasteiger partial charge in [0.1, 0.15) is 5.58 Å². The van der Waals surface area contributed by atoms with Crippen LogP contribution in [0, 0.1) is 0 Å². The molecule has 1 aliphatic heterocycles. The average molecular weight is 539 g/mol. The fourth-order valence-electron chi connectivity index (χ4n) is 4.10. The molecular weight excluding hydrogens is 522 g/mol. The van der Waals surface area contributed by atoms with E-state index in [1.54, 1.807) is 23.1 Å². The minimum Gasteiger partial charge on any atom is -0.450 e. The summed E-state index contributed by atoms with van der Waals surface area (Å²) < 4.78 is 7.66. The summed E-state index contributed by atoms with van der Waals surface area (Å²) in [5.41, 5.74) is 3.32. The van der Waals surface area contributed by atoms with Crippen LogP contribution in [-0.4, -0.2) is 5.91 Å². The summed E-state index contributed by atoms with van der Waals surface area (Å²) in [7, 11) is 0. The van der Waals surface area contributed by atoms with Gasteiger partial charge >= 0.3 is 0 Å². The van der Waals surface area contributed by atoms with Crippen molar-refractivity contribution in [1.82, 2.24) is 0 Å². The summed E-state index contributed by atoms with van der Waals surface area (Å²) >= 11 is 6.94. The predicted octanol–water partition coefficient (Wildman–Crippen LogP) is 6.63. The van der Waals surface area contributed by atoms with Gasteiger partial charge in [0.05, 0.1) is 17.0 Å². The van der Waals surface area contributed by atoms with Crippen LogP contribution in [0.1, 0.15) is 40.2 Å². The second-order valence-electron chi connectivity index (χ2n) is 7.47. The van der Waals surface area contributed by atoms with E-state index in [-0.39, 0.29) is 17.1 Å². The molecule has 1 aliphatic rings. The first kappa shape index (κ1) is 20.2. The van der Waals surface area contributed by atoms with Gasteiger partial charge in [-0.1, -0.05) is 63.0 Å². The summed E-state index contributed by atoms with van der Waals surface area (Å²) in [4.78, 5) is 28.8. The fraction of sp³-hybridized carbons (Fsp3) is 0.120. The van der Waals surface area contributed by atoms with Gasteiger partial charge in [-0.3, -0.25) is 14.5 Å². The number of benzene rings is 3. The lowest BCUT2D eigenvalue weighted by Crippen LogP contribution is -2.29. The van der Waals surface area contributed by atoms with Crippen molar-refractivity contribution in [3.8, 4) is 0 Å². The Bertz CT molecular complexity index is 1390. The van der Waals surface area contributed by atoms with Crippen LogP contribution in [-0.2, 0) is 6.42 Å². The van der Waals surface area contributed by atoms with Crippen molar-refractivity contribution in [2.24, 2.45) is 0 Å². The van der Waals surface area contributed by atoms with Gasteiger partial charge in [0.2, 0.25) is 5.76 Å². The first-order valence-electron chi connectivity index (χ1n) is 9.92. The Kier molecular flexibility index (Phi) is 5.07. The highest BCUT2D eigenvalue weighted by atomic mass is 79.9. The van der Waals surface area contributed by atoms with Crippen molar-refractivity contribution in [3.05, 3.63) is 108 Å². The Morgan fingerprint density at radius 3 is 2.39 bits per heavy atom. The topological polar surface area (TPSA) is 50.5 Å². The molecule has 0 spiro atoms. The molecule has 1 atom stereocenters. The van der Waals surface area contributed by atoms with Gasteiger partial charge in [0, 0.05) is 14.6 Å². The van der Waals surface area contributed by atoms with Crippen LogP contribution in [0.3, 0.4) is 0 Å². The average Bonchev–Trinajstić information content (AvgIpc) is 3.07. The first-order chi connectivity index (χ1) is 15.0. The van der Waals surface area contributed by atoms with Gasteiger partial charge < -0.3 is 4.42 Å². The Morgan fingerprint density at radius 2 is 1.68 bits per heavy atom. The van der Waals surface area contributed by atoms with Crippen LogP contribution in [0.4, 0.5) is 5.69 Å². The predicted molar refractivity (Wildman–Crippen MR) is 129 cm³/mol. The number of carbonyl (C=O) groups is 1. The van der Waals surface area contributed by atoms with Crippen molar-refractivity contribution in [1.29, 1.82) is 0 Å². The molecule has 0 saturated carbocycles. The minimum atomic E-state index is -0.577. The number of hydrogen-bond acceptors (Lipinski definition) is 3. The number of carbonyl (C=O) groups excluding carboxylic acids is 1. The number of rotatable bonds is 3. The van der Waals surface area contributed by atoms with E-state index in [9.17, 15) is 9.59 Å². The Hall–Kier alpha value is -2.70. The standard InChI is InChI=1S/C25H17Br2NO3/c1-2-14-6-9-18(10-7-14)28-22(15-4-3-5-16(26)12-15)21-23(29)19-13-17(27)8-11-20(19)31-24(21)25(28)30/h3-13,22H,2H2,1H3. The number of aryl methyl sites for hydroxylation is 1. The van der Waals surface area contributed by atoms with E-state index in [2.05, 4.69) is 38.8 Å². The Balaban J connectivity index is 1.80. The van der Waals surface area contributed by atoms with E-state index >= 15 is 0 Å². The third-order valence-electron chi connectivity index (χ3n) is 5.62. The zero-order valence-electron chi connectivity index (χ0n) is 16.6. The van der Waals surface area contributed by atoms with E-state index in [1.165, 1.54) is 5.56 Å². The first-order valence-corrected chi connectivity index (χ1v) is 11.5. The third-order valence-corrected chi connectivity index (χ3v) is 6.61. The minimum absolute atomic E-state index is 0.101. The van der Waals surface area contributed by atoms with E-state index < -0.39 is 6.04 Å². The molecule has 5 rings (SSSR count). The van der Waals surface area contributed by atoms with Gasteiger partial charge in [-0.2, -0.15) is 0 Å². The SMILES string of the molecule is CCc1ccc(N2C(=O)c3oc4ccc(Br)cc4c(=O)c3C2c2cccc(Br)c2)cc1. The molecule has 0 saturated heterocycles. The molecule has 0 N–H and O–H groups in total. The summed E-state index contributed by atoms with van der Waals surface area (Å²) in [6.07, 6.45) is 0.907. The van der Waals surface area contributed by atoms with Crippen LogP contribution >= 0.6 is 31.9 Å². The lowest BCUT2D eigenvalue weighted by atomic mass is 9.98. The van der Waals surface area contributed by atoms with Gasteiger partial charge in [0.25, 0.3) is 5.91 Å². The van der Waals surface area contributed by atoms with Crippen LogP contribution in [0.2, 0.25) is 0 Å². The number of anilines is 1. The van der Waals surface area contributed by atoms with Crippen molar-refractivity contribution in [2.45, 2.75) is 19.4 Å². The van der Waals surface area contributed by atoms with Gasteiger partial charge in [-0.05, 0) is 60.0 Å². The molecular formula is C25H17Br2NO3. The fourth-order valence-corrected chi connectivity index (χ4v) is 4.87. The van der Waals surface area contributed by atoms with Gasteiger partial charge in [-0.25, -0.2) is 0 Å². The number of nitrogens with zero attached hydrogens (tertiary/aromatic N) is 1. The molecule has 0 radical (unpaired) electrons. The summed E-state index contributed by atoms with van der Waals surface area (Å²) in [5.74, 6) is -0.212. The maximum absolute atomic E-state index is 13.6. The molecule has 1 amide bonds. The van der Waals surface area contributed by atoms with E-state index in [0.717, 1.165) is 26.6 Å². The summed E-state index contributed by atoms with van der Waals surface area (Å²) in [5, 5.41) is 0.448. The number of hydrogen-bond donors (Lipinski definition) is 0. The van der Waals surface area contributed by atoms with Crippen LogP contribution in [0.5, 0.6) is 0 Å². The molecule has 31 heavy (non-hydrogen) atoms. The van der Waals surface area contributed by atoms with E-state index in [4.69, 9.17) is 4.42 Å². The number of halogens is 2. The summed E-state index contributed by atoms with van der Waals surface area (Å²) in [6, 6.07) is 20.2. The zero-order valence-corrected chi connectivity index (χ0v) is 19.7. The molecule has 0 fully saturated rings. The Morgan fingerprint density at radius 1 is 0.935 bits per heavy atom. The molecule has 4 nitrogen and oxygen atoms in total. The Labute approximate surface area is 195 Å². The molecule has 0 aliphatic carbocycles. The highest BCUT2D eigenvalue weighted by molar-refractivity contribution is 9.10. The lowest BCUT2D eigenvalue weighted by molar-refractivity contribution is 0.0971. The zero-order chi connectivity index (χ0) is 21.7.